The van der Waals surface area contributed by atoms with Gasteiger partial charge in [0.15, 0.2) is 0 Å². The van der Waals surface area contributed by atoms with Crippen LogP contribution in [0.5, 0.6) is 11.5 Å². The van der Waals surface area contributed by atoms with Gasteiger partial charge in [0, 0.05) is 62.5 Å². The molecule has 0 spiro atoms. The number of nitrogens with one attached hydrogen (secondary N) is 3. The Hall–Kier alpha value is -3.92. The number of nitrogens with zero attached hydrogens (tertiary/aromatic N) is 1. The van der Waals surface area contributed by atoms with Crippen molar-refractivity contribution in [3.05, 3.63) is 95.1 Å². The summed E-state index contributed by atoms with van der Waals surface area (Å²) in [6.45, 7) is 3.83. The quantitative estimate of drug-likeness (QED) is 0.276. The zero-order valence-electron chi connectivity index (χ0n) is 23.2. The van der Waals surface area contributed by atoms with E-state index >= 15 is 0 Å². The predicted molar refractivity (Wildman–Crippen MR) is 156 cm³/mol. The number of carbonyl (C=O) groups excluding carboxylic acids is 2. The Bertz CT molecular complexity index is 1260. The van der Waals surface area contributed by atoms with Gasteiger partial charge in [0.25, 0.3) is 11.8 Å². The number of rotatable bonds is 12. The smallest absolute Gasteiger partial charge is 0.254 e. The summed E-state index contributed by atoms with van der Waals surface area (Å²) in [5, 5.41) is 9.78. The monoisotopic (exact) mass is 545 g/mol. The van der Waals surface area contributed by atoms with Gasteiger partial charge in [0.1, 0.15) is 11.5 Å². The van der Waals surface area contributed by atoms with Gasteiger partial charge in [-0.2, -0.15) is 0 Å². The van der Waals surface area contributed by atoms with Crippen LogP contribution in [0, 0.1) is 0 Å². The lowest BCUT2D eigenvalue weighted by atomic mass is 9.98. The molecule has 0 aliphatic carbocycles. The number of benzene rings is 3. The van der Waals surface area contributed by atoms with E-state index in [1.54, 1.807) is 30.2 Å². The number of methoxy groups -OCH3 is 2. The summed E-state index contributed by atoms with van der Waals surface area (Å²) in [7, 11) is 3.17. The molecule has 9 nitrogen and oxygen atoms in total. The zero-order valence-corrected chi connectivity index (χ0v) is 23.2. The Morgan fingerprint density at radius 1 is 0.900 bits per heavy atom. The lowest BCUT2D eigenvalue weighted by Crippen LogP contribution is -2.53. The highest BCUT2D eigenvalue weighted by Gasteiger charge is 2.24. The first kappa shape index (κ1) is 29.1. The van der Waals surface area contributed by atoms with Crippen molar-refractivity contribution in [3.8, 4) is 11.5 Å². The van der Waals surface area contributed by atoms with Crippen molar-refractivity contribution in [1.82, 2.24) is 20.9 Å². The summed E-state index contributed by atoms with van der Waals surface area (Å²) >= 11 is 0. The highest BCUT2D eigenvalue weighted by molar-refractivity contribution is 6.00. The van der Waals surface area contributed by atoms with Gasteiger partial charge in [-0.15, -0.1) is 0 Å². The normalized spacial score (nSPS) is 14.7. The Kier molecular flexibility index (Phi) is 10.5. The van der Waals surface area contributed by atoms with E-state index in [2.05, 4.69) is 16.0 Å². The first-order valence-electron chi connectivity index (χ1n) is 13.6. The number of nitrogens with two attached hydrogens (primary N) is 1. The van der Waals surface area contributed by atoms with Crippen molar-refractivity contribution >= 4 is 11.8 Å². The number of ether oxygens (including phenoxy) is 2. The molecule has 1 heterocycles. The molecule has 1 aliphatic heterocycles. The van der Waals surface area contributed by atoms with Crippen LogP contribution < -0.4 is 31.2 Å². The van der Waals surface area contributed by atoms with Gasteiger partial charge in [0.2, 0.25) is 0 Å². The molecule has 40 heavy (non-hydrogen) atoms. The summed E-state index contributed by atoms with van der Waals surface area (Å²) in [6, 6.07) is 22.0. The van der Waals surface area contributed by atoms with Gasteiger partial charge in [-0.1, -0.05) is 42.5 Å². The molecule has 3 aromatic rings. The van der Waals surface area contributed by atoms with Crippen LogP contribution in [0.25, 0.3) is 0 Å². The zero-order chi connectivity index (χ0) is 28.3. The fraction of sp³-hybridized carbons (Fsp3) is 0.355. The van der Waals surface area contributed by atoms with Crippen LogP contribution in [0.2, 0.25) is 0 Å². The number of amides is 2. The lowest BCUT2D eigenvalue weighted by Gasteiger charge is -2.28. The third kappa shape index (κ3) is 8.05. The van der Waals surface area contributed by atoms with Crippen LogP contribution in [0.3, 0.4) is 0 Å². The molecular weight excluding hydrogens is 506 g/mol. The molecule has 1 fully saturated rings. The molecule has 3 aromatic carbocycles. The second-order valence-corrected chi connectivity index (χ2v) is 9.91. The average molecular weight is 546 g/mol. The molecule has 4 rings (SSSR count). The lowest BCUT2D eigenvalue weighted by molar-refractivity contribution is 0.0735. The molecule has 1 aliphatic rings. The van der Waals surface area contributed by atoms with Crippen LogP contribution in [-0.2, 0) is 13.0 Å². The van der Waals surface area contributed by atoms with E-state index in [1.807, 2.05) is 54.6 Å². The Balaban J connectivity index is 1.48. The number of hydrogen-bond acceptors (Lipinski definition) is 7. The van der Waals surface area contributed by atoms with Crippen LogP contribution in [0.15, 0.2) is 72.8 Å². The first-order chi connectivity index (χ1) is 19.5. The molecule has 0 bridgehead atoms. The summed E-state index contributed by atoms with van der Waals surface area (Å²) in [4.78, 5) is 28.5. The maximum Gasteiger partial charge on any atom is 0.254 e. The molecular formula is C31H39N5O4. The average Bonchev–Trinajstić information content (AvgIpc) is 3.01. The largest absolute Gasteiger partial charge is 0.497 e. The first-order valence-corrected chi connectivity index (χ1v) is 13.6. The molecule has 5 N–H and O–H groups in total. The maximum atomic E-state index is 13.5. The number of hydrogen-bond donors (Lipinski definition) is 4. The fourth-order valence-electron chi connectivity index (χ4n) is 4.76. The van der Waals surface area contributed by atoms with E-state index in [-0.39, 0.29) is 23.9 Å². The highest BCUT2D eigenvalue weighted by atomic mass is 16.5. The molecule has 0 aromatic heterocycles. The van der Waals surface area contributed by atoms with E-state index in [0.717, 1.165) is 30.0 Å². The molecule has 0 saturated carbocycles. The van der Waals surface area contributed by atoms with E-state index in [9.17, 15) is 9.59 Å². The minimum absolute atomic E-state index is 0.117. The van der Waals surface area contributed by atoms with Crippen molar-refractivity contribution in [1.29, 1.82) is 0 Å². The Morgan fingerprint density at radius 3 is 2.33 bits per heavy atom. The van der Waals surface area contributed by atoms with Crippen molar-refractivity contribution < 1.29 is 19.1 Å². The second-order valence-electron chi connectivity index (χ2n) is 9.91. The van der Waals surface area contributed by atoms with Crippen LogP contribution in [0.4, 0.5) is 0 Å². The molecule has 1 unspecified atom stereocenters. The summed E-state index contributed by atoms with van der Waals surface area (Å²) in [5.74, 6) is 0.826. The predicted octanol–water partition coefficient (Wildman–Crippen LogP) is 2.21. The van der Waals surface area contributed by atoms with Gasteiger partial charge in [-0.25, -0.2) is 0 Å². The van der Waals surface area contributed by atoms with Crippen molar-refractivity contribution in [2.45, 2.75) is 25.0 Å². The van der Waals surface area contributed by atoms with Crippen molar-refractivity contribution in [2.75, 3.05) is 46.9 Å². The minimum Gasteiger partial charge on any atom is -0.497 e. The van der Waals surface area contributed by atoms with Crippen molar-refractivity contribution in [3.63, 3.8) is 0 Å². The molecule has 2 atom stereocenters. The fourth-order valence-corrected chi connectivity index (χ4v) is 4.76. The molecule has 9 heteroatoms. The van der Waals surface area contributed by atoms with Gasteiger partial charge in [0.05, 0.1) is 14.2 Å². The summed E-state index contributed by atoms with van der Waals surface area (Å²) in [5.41, 5.74) is 9.57. The van der Waals surface area contributed by atoms with E-state index in [1.165, 1.54) is 7.11 Å². The minimum atomic E-state index is -0.373. The Labute approximate surface area is 236 Å². The molecule has 2 amide bonds. The molecule has 0 radical (unpaired) electrons. The van der Waals surface area contributed by atoms with E-state index < -0.39 is 0 Å². The van der Waals surface area contributed by atoms with Crippen LogP contribution in [-0.4, -0.2) is 75.7 Å². The summed E-state index contributed by atoms with van der Waals surface area (Å²) < 4.78 is 10.7. The van der Waals surface area contributed by atoms with Crippen LogP contribution >= 0.6 is 0 Å². The topological polar surface area (TPSA) is 118 Å². The standard InChI is InChI=1S/C31H39N5O4/c1-39-26-10-6-9-23(15-26)20-34-21-28(32)29(16-22-7-4-3-5-8-22)35-30(37)24-17-25(19-27(18-24)40-2)31(38)36-13-11-33-12-14-36/h3-10,15,17-19,28-29,33-34H,11-14,16,20-21,32H2,1-2H3,(H,35,37)/t28?,29-/m0/s1. The van der Waals surface area contributed by atoms with Crippen LogP contribution in [0.1, 0.15) is 31.8 Å². The molecule has 1 saturated heterocycles. The van der Waals surface area contributed by atoms with E-state index in [0.29, 0.717) is 49.5 Å². The van der Waals surface area contributed by atoms with E-state index in [4.69, 9.17) is 15.2 Å². The van der Waals surface area contributed by atoms with Gasteiger partial charge < -0.3 is 36.1 Å². The Morgan fingerprint density at radius 2 is 1.60 bits per heavy atom. The molecule has 212 valence electrons. The van der Waals surface area contributed by atoms with Gasteiger partial charge in [-0.05, 0) is 47.9 Å². The van der Waals surface area contributed by atoms with Crippen molar-refractivity contribution in [2.24, 2.45) is 5.73 Å². The van der Waals surface area contributed by atoms with Gasteiger partial charge in [-0.3, -0.25) is 9.59 Å². The maximum absolute atomic E-state index is 13.5. The number of piperazine rings is 1. The third-order valence-corrected chi connectivity index (χ3v) is 7.03. The SMILES string of the molecule is COc1cccc(CNCC(N)[C@H](Cc2ccccc2)NC(=O)c2cc(OC)cc(C(=O)N3CCNCC3)c2)c1. The number of carbonyl (C=O) groups is 2. The third-order valence-electron chi connectivity index (χ3n) is 7.03. The second kappa shape index (κ2) is 14.5. The van der Waals surface area contributed by atoms with Gasteiger partial charge >= 0.3 is 0 Å². The highest BCUT2D eigenvalue weighted by Crippen LogP contribution is 2.20. The summed E-state index contributed by atoms with van der Waals surface area (Å²) in [6.07, 6.45) is 0.561.